The van der Waals surface area contributed by atoms with Crippen LogP contribution >= 0.6 is 11.8 Å². The molecule has 0 aromatic heterocycles. The molecule has 2 unspecified atom stereocenters. The Balaban J connectivity index is 2.10. The van der Waals surface area contributed by atoms with Crippen LogP contribution in [0.4, 0.5) is 0 Å². The van der Waals surface area contributed by atoms with Crippen molar-refractivity contribution in [2.24, 2.45) is 0 Å². The summed E-state index contributed by atoms with van der Waals surface area (Å²) in [6.07, 6.45) is 2.41. The lowest BCUT2D eigenvalue weighted by atomic mass is 9.87. The number of methoxy groups -OCH3 is 1. The largest absolute Gasteiger partial charge is 0.497 e. The normalized spacial score (nSPS) is 21.4. The van der Waals surface area contributed by atoms with Crippen molar-refractivity contribution in [1.29, 1.82) is 0 Å². The fraction of sp³-hybridized carbons (Fsp3) is 0.647. The SMILES string of the molecule is CCNC1c2ccc(OC)cc2CCC1SCCN(C)C. The van der Waals surface area contributed by atoms with Gasteiger partial charge in [-0.2, -0.15) is 11.8 Å². The van der Waals surface area contributed by atoms with Crippen LogP contribution in [0.25, 0.3) is 0 Å². The van der Waals surface area contributed by atoms with E-state index >= 15 is 0 Å². The maximum atomic E-state index is 5.36. The summed E-state index contributed by atoms with van der Waals surface area (Å²) in [6.45, 7) is 4.36. The van der Waals surface area contributed by atoms with Gasteiger partial charge in [-0.05, 0) is 56.7 Å². The first-order valence-corrected chi connectivity index (χ1v) is 8.87. The van der Waals surface area contributed by atoms with Crippen LogP contribution in [0.2, 0.25) is 0 Å². The van der Waals surface area contributed by atoms with E-state index in [1.165, 1.54) is 23.3 Å². The van der Waals surface area contributed by atoms with E-state index in [0.29, 0.717) is 11.3 Å². The smallest absolute Gasteiger partial charge is 0.119 e. The Morgan fingerprint density at radius 1 is 1.38 bits per heavy atom. The van der Waals surface area contributed by atoms with Gasteiger partial charge in [0.2, 0.25) is 0 Å². The molecule has 2 rings (SSSR count). The molecule has 2 atom stereocenters. The number of fused-ring (bicyclic) bond motifs is 1. The molecule has 1 aromatic carbocycles. The summed E-state index contributed by atoms with van der Waals surface area (Å²) in [5.41, 5.74) is 2.91. The first-order valence-electron chi connectivity index (χ1n) is 7.82. The van der Waals surface area contributed by atoms with Crippen LogP contribution in [0.5, 0.6) is 5.75 Å². The number of hydrogen-bond acceptors (Lipinski definition) is 4. The fourth-order valence-corrected chi connectivity index (χ4v) is 4.41. The second-order valence-corrected chi connectivity index (χ2v) is 7.20. The number of nitrogens with zero attached hydrogens (tertiary/aromatic N) is 1. The fourth-order valence-electron chi connectivity index (χ4n) is 2.92. The lowest BCUT2D eigenvalue weighted by Gasteiger charge is -2.34. The topological polar surface area (TPSA) is 24.5 Å². The molecule has 0 radical (unpaired) electrons. The Bertz CT molecular complexity index is 450. The van der Waals surface area contributed by atoms with Crippen LogP contribution in [0, 0.1) is 0 Å². The van der Waals surface area contributed by atoms with Crippen molar-refractivity contribution in [3.63, 3.8) is 0 Å². The van der Waals surface area contributed by atoms with Gasteiger partial charge in [-0.3, -0.25) is 0 Å². The minimum Gasteiger partial charge on any atom is -0.497 e. The third-order valence-corrected chi connectivity index (χ3v) is 5.40. The van der Waals surface area contributed by atoms with Gasteiger partial charge < -0.3 is 15.0 Å². The molecule has 0 amide bonds. The number of thioether (sulfide) groups is 1. The molecule has 4 heteroatoms. The summed E-state index contributed by atoms with van der Waals surface area (Å²) >= 11 is 2.11. The zero-order valence-electron chi connectivity index (χ0n) is 13.7. The van der Waals surface area contributed by atoms with Gasteiger partial charge >= 0.3 is 0 Å². The van der Waals surface area contributed by atoms with Crippen molar-refractivity contribution < 1.29 is 4.74 Å². The van der Waals surface area contributed by atoms with Crippen molar-refractivity contribution in [3.8, 4) is 5.75 Å². The van der Waals surface area contributed by atoms with E-state index in [9.17, 15) is 0 Å². The maximum absolute atomic E-state index is 5.36. The zero-order chi connectivity index (χ0) is 15.2. The van der Waals surface area contributed by atoms with E-state index in [0.717, 1.165) is 25.3 Å². The Labute approximate surface area is 133 Å². The quantitative estimate of drug-likeness (QED) is 0.837. The third-order valence-electron chi connectivity index (χ3n) is 4.05. The van der Waals surface area contributed by atoms with E-state index in [2.05, 4.69) is 61.2 Å². The molecule has 0 bridgehead atoms. The van der Waals surface area contributed by atoms with Crippen LogP contribution in [-0.4, -0.2) is 50.2 Å². The van der Waals surface area contributed by atoms with Crippen LogP contribution in [0.1, 0.15) is 30.5 Å². The van der Waals surface area contributed by atoms with Gasteiger partial charge in [-0.1, -0.05) is 13.0 Å². The van der Waals surface area contributed by atoms with Crippen LogP contribution in [0.15, 0.2) is 18.2 Å². The lowest BCUT2D eigenvalue weighted by Crippen LogP contribution is -2.35. The first kappa shape index (κ1) is 16.7. The van der Waals surface area contributed by atoms with Gasteiger partial charge in [0, 0.05) is 23.6 Å². The molecular formula is C17H28N2OS. The standard InChI is InChI=1S/C17H28N2OS/c1-5-18-17-15-8-7-14(20-4)12-13(15)6-9-16(17)21-11-10-19(2)3/h7-8,12,16-18H,5-6,9-11H2,1-4H3. The van der Waals surface area contributed by atoms with Gasteiger partial charge in [-0.15, -0.1) is 0 Å². The lowest BCUT2D eigenvalue weighted by molar-refractivity contribution is 0.411. The summed E-state index contributed by atoms with van der Waals surface area (Å²) in [7, 11) is 6.03. The minimum atomic E-state index is 0.469. The number of benzene rings is 1. The predicted octanol–water partition coefficient (Wildman–Crippen LogP) is 2.96. The number of nitrogens with one attached hydrogen (secondary N) is 1. The molecule has 1 aromatic rings. The maximum Gasteiger partial charge on any atom is 0.119 e. The minimum absolute atomic E-state index is 0.469. The molecule has 0 saturated carbocycles. The van der Waals surface area contributed by atoms with Crippen molar-refractivity contribution in [1.82, 2.24) is 10.2 Å². The Morgan fingerprint density at radius 2 is 2.19 bits per heavy atom. The average molecular weight is 308 g/mol. The van der Waals surface area contributed by atoms with Crippen LogP contribution < -0.4 is 10.1 Å². The number of ether oxygens (including phenoxy) is 1. The Hall–Kier alpha value is -0.710. The van der Waals surface area contributed by atoms with Crippen molar-refractivity contribution in [2.75, 3.05) is 40.0 Å². The molecule has 3 nitrogen and oxygen atoms in total. The summed E-state index contributed by atoms with van der Waals surface area (Å²) in [4.78, 5) is 2.26. The molecule has 0 heterocycles. The van der Waals surface area contributed by atoms with Crippen LogP contribution in [0.3, 0.4) is 0 Å². The molecule has 1 aliphatic rings. The highest BCUT2D eigenvalue weighted by Crippen LogP contribution is 2.38. The average Bonchev–Trinajstić information content (AvgIpc) is 2.48. The van der Waals surface area contributed by atoms with Gasteiger partial charge in [0.1, 0.15) is 5.75 Å². The molecule has 1 N–H and O–H groups in total. The van der Waals surface area contributed by atoms with E-state index in [4.69, 9.17) is 4.74 Å². The van der Waals surface area contributed by atoms with Crippen molar-refractivity contribution in [3.05, 3.63) is 29.3 Å². The van der Waals surface area contributed by atoms with Gasteiger partial charge in [0.05, 0.1) is 7.11 Å². The van der Waals surface area contributed by atoms with E-state index in [1.54, 1.807) is 7.11 Å². The first-order chi connectivity index (χ1) is 10.2. The van der Waals surface area contributed by atoms with Crippen LogP contribution in [-0.2, 0) is 6.42 Å². The summed E-state index contributed by atoms with van der Waals surface area (Å²) in [5, 5.41) is 4.36. The highest BCUT2D eigenvalue weighted by Gasteiger charge is 2.29. The second kappa shape index (κ2) is 8.06. The number of rotatable bonds is 7. The van der Waals surface area contributed by atoms with Crippen molar-refractivity contribution in [2.45, 2.75) is 31.1 Å². The summed E-state index contributed by atoms with van der Waals surface area (Å²) in [6, 6.07) is 7.02. The number of hydrogen-bond donors (Lipinski definition) is 1. The molecule has 118 valence electrons. The highest BCUT2D eigenvalue weighted by atomic mass is 32.2. The Kier molecular flexibility index (Phi) is 6.40. The predicted molar refractivity (Wildman–Crippen MR) is 92.5 cm³/mol. The van der Waals surface area contributed by atoms with Crippen molar-refractivity contribution >= 4 is 11.8 Å². The molecule has 21 heavy (non-hydrogen) atoms. The number of aryl methyl sites for hydroxylation is 1. The molecule has 0 aliphatic heterocycles. The Morgan fingerprint density at radius 3 is 2.86 bits per heavy atom. The molecule has 1 aliphatic carbocycles. The molecule has 0 spiro atoms. The van der Waals surface area contributed by atoms with Gasteiger partial charge in [-0.25, -0.2) is 0 Å². The molecular weight excluding hydrogens is 280 g/mol. The third kappa shape index (κ3) is 4.38. The zero-order valence-corrected chi connectivity index (χ0v) is 14.5. The summed E-state index contributed by atoms with van der Waals surface area (Å²) in [5.74, 6) is 2.17. The van der Waals surface area contributed by atoms with E-state index in [1.807, 2.05) is 0 Å². The molecule has 0 saturated heterocycles. The van der Waals surface area contributed by atoms with Gasteiger partial charge in [0.25, 0.3) is 0 Å². The second-order valence-electron chi connectivity index (χ2n) is 5.85. The highest BCUT2D eigenvalue weighted by molar-refractivity contribution is 7.99. The van der Waals surface area contributed by atoms with Gasteiger partial charge in [0.15, 0.2) is 0 Å². The van der Waals surface area contributed by atoms with E-state index < -0.39 is 0 Å². The monoisotopic (exact) mass is 308 g/mol. The van der Waals surface area contributed by atoms with E-state index in [-0.39, 0.29) is 0 Å². The molecule has 0 fully saturated rings. The summed E-state index contributed by atoms with van der Waals surface area (Å²) < 4.78 is 5.36.